The van der Waals surface area contributed by atoms with Crippen LogP contribution in [0.3, 0.4) is 0 Å². The predicted octanol–water partition coefficient (Wildman–Crippen LogP) is 2.22. The van der Waals surface area contributed by atoms with Gasteiger partial charge in [0, 0.05) is 5.03 Å². The Balaban J connectivity index is 3.35. The summed E-state index contributed by atoms with van der Waals surface area (Å²) in [4.78, 5) is 10.7. The summed E-state index contributed by atoms with van der Waals surface area (Å²) in [7, 11) is -3.64. The Hall–Kier alpha value is -1.33. The summed E-state index contributed by atoms with van der Waals surface area (Å²) >= 11 is 5.48. The van der Waals surface area contributed by atoms with Crippen LogP contribution in [-0.4, -0.2) is 25.2 Å². The summed E-state index contributed by atoms with van der Waals surface area (Å²) in [5, 5.41) is 8.80. The molecule has 1 rings (SSSR count). The third-order valence-corrected chi connectivity index (χ3v) is 4.25. The molecular formula is C11H11ClO4S. The molecule has 6 heteroatoms. The minimum absolute atomic E-state index is 0.00914. The highest BCUT2D eigenvalue weighted by Gasteiger charge is 2.19. The van der Waals surface area contributed by atoms with E-state index >= 15 is 0 Å². The largest absolute Gasteiger partial charge is 0.478 e. The maximum absolute atomic E-state index is 11.9. The quantitative estimate of drug-likeness (QED) is 0.914. The first-order chi connectivity index (χ1) is 7.74. The lowest BCUT2D eigenvalue weighted by atomic mass is 10.1. The van der Waals surface area contributed by atoms with Crippen LogP contribution >= 0.6 is 11.6 Å². The van der Waals surface area contributed by atoms with Gasteiger partial charge in [0.2, 0.25) is 0 Å². The van der Waals surface area contributed by atoms with E-state index in [0.717, 1.165) is 6.07 Å². The first kappa shape index (κ1) is 13.7. The van der Waals surface area contributed by atoms with E-state index in [4.69, 9.17) is 16.7 Å². The topological polar surface area (TPSA) is 71.4 Å². The fraction of sp³-hybridized carbons (Fsp3) is 0.182. The molecule has 1 aromatic rings. The Bertz CT molecular complexity index is 575. The number of halogens is 1. The second kappa shape index (κ2) is 4.89. The van der Waals surface area contributed by atoms with Crippen LogP contribution in [0.2, 0.25) is 0 Å². The Morgan fingerprint density at radius 3 is 2.53 bits per heavy atom. The van der Waals surface area contributed by atoms with Crippen molar-refractivity contribution >= 4 is 27.4 Å². The fourth-order valence-electron chi connectivity index (χ4n) is 1.35. The Kier molecular flexibility index (Phi) is 3.95. The molecule has 0 aliphatic heterocycles. The Morgan fingerprint density at radius 1 is 1.47 bits per heavy atom. The molecule has 0 unspecified atom stereocenters. The van der Waals surface area contributed by atoms with E-state index < -0.39 is 21.6 Å². The molecule has 0 heterocycles. The average Bonchev–Trinajstić information content (AvgIpc) is 2.15. The monoisotopic (exact) mass is 274 g/mol. The average molecular weight is 275 g/mol. The second-order valence-electron chi connectivity index (χ2n) is 3.56. The summed E-state index contributed by atoms with van der Waals surface area (Å²) in [5.74, 6) is -1.58. The van der Waals surface area contributed by atoms with Crippen molar-refractivity contribution < 1.29 is 18.3 Å². The zero-order valence-electron chi connectivity index (χ0n) is 9.10. The summed E-state index contributed by atoms with van der Waals surface area (Å²) in [6.07, 6.45) is 0. The number of aryl methyl sites for hydroxylation is 1. The van der Waals surface area contributed by atoms with Gasteiger partial charge in [-0.15, -0.1) is 0 Å². The van der Waals surface area contributed by atoms with Gasteiger partial charge in [-0.1, -0.05) is 24.2 Å². The molecule has 4 nitrogen and oxygen atoms in total. The van der Waals surface area contributed by atoms with Crippen LogP contribution in [0.25, 0.3) is 0 Å². The number of benzene rings is 1. The third-order valence-electron chi connectivity index (χ3n) is 2.12. The van der Waals surface area contributed by atoms with Gasteiger partial charge in [0.05, 0.1) is 16.2 Å². The highest BCUT2D eigenvalue weighted by molar-refractivity contribution is 7.91. The minimum Gasteiger partial charge on any atom is -0.478 e. The lowest BCUT2D eigenvalue weighted by molar-refractivity contribution is 0.0696. The van der Waals surface area contributed by atoms with E-state index in [-0.39, 0.29) is 15.5 Å². The van der Waals surface area contributed by atoms with E-state index in [1.807, 2.05) is 0 Å². The molecule has 0 atom stereocenters. The van der Waals surface area contributed by atoms with Crippen molar-refractivity contribution in [2.45, 2.75) is 11.8 Å². The van der Waals surface area contributed by atoms with Crippen molar-refractivity contribution in [3.8, 4) is 0 Å². The number of carboxylic acid groups (broad SMARTS) is 1. The van der Waals surface area contributed by atoms with E-state index in [1.54, 1.807) is 6.92 Å². The van der Waals surface area contributed by atoms with Gasteiger partial charge >= 0.3 is 5.97 Å². The van der Waals surface area contributed by atoms with E-state index in [1.165, 1.54) is 12.1 Å². The van der Waals surface area contributed by atoms with Crippen LogP contribution in [0.15, 0.2) is 34.7 Å². The number of sulfone groups is 1. The maximum Gasteiger partial charge on any atom is 0.335 e. The Morgan fingerprint density at radius 2 is 2.06 bits per heavy atom. The molecule has 0 spiro atoms. The molecule has 0 amide bonds. The smallest absolute Gasteiger partial charge is 0.335 e. The van der Waals surface area contributed by atoms with Gasteiger partial charge < -0.3 is 5.11 Å². The van der Waals surface area contributed by atoms with Crippen LogP contribution in [0.1, 0.15) is 15.9 Å². The SMILES string of the molecule is C=C(Cl)CS(=O)(=O)c1cc(C(=O)O)ccc1C. The molecular weight excluding hydrogens is 264 g/mol. The van der Waals surface area contributed by atoms with Crippen LogP contribution in [-0.2, 0) is 9.84 Å². The van der Waals surface area contributed by atoms with Gasteiger partial charge in [-0.2, -0.15) is 0 Å². The number of hydrogen-bond acceptors (Lipinski definition) is 3. The predicted molar refractivity (Wildman–Crippen MR) is 65.2 cm³/mol. The molecule has 0 aliphatic rings. The third kappa shape index (κ3) is 3.31. The molecule has 1 aromatic carbocycles. The van der Waals surface area contributed by atoms with Gasteiger partial charge in [-0.05, 0) is 24.6 Å². The van der Waals surface area contributed by atoms with E-state index in [2.05, 4.69) is 6.58 Å². The van der Waals surface area contributed by atoms with Crippen LogP contribution in [0.5, 0.6) is 0 Å². The van der Waals surface area contributed by atoms with Crippen LogP contribution < -0.4 is 0 Å². The van der Waals surface area contributed by atoms with Crippen molar-refractivity contribution in [3.05, 3.63) is 40.9 Å². The van der Waals surface area contributed by atoms with Crippen LogP contribution in [0.4, 0.5) is 0 Å². The lowest BCUT2D eigenvalue weighted by Gasteiger charge is -2.07. The number of rotatable bonds is 4. The summed E-state index contributed by atoms with van der Waals surface area (Å²) in [5.41, 5.74) is 0.405. The highest BCUT2D eigenvalue weighted by Crippen LogP contribution is 2.20. The molecule has 1 N–H and O–H groups in total. The molecule has 0 saturated carbocycles. The van der Waals surface area contributed by atoms with Gasteiger partial charge in [-0.3, -0.25) is 0 Å². The van der Waals surface area contributed by atoms with Crippen molar-refractivity contribution in [1.82, 2.24) is 0 Å². The molecule has 0 fully saturated rings. The molecule has 0 aliphatic carbocycles. The van der Waals surface area contributed by atoms with Crippen LogP contribution in [0, 0.1) is 6.92 Å². The number of aromatic carboxylic acids is 1. The number of hydrogen-bond donors (Lipinski definition) is 1. The van der Waals surface area contributed by atoms with E-state index in [0.29, 0.717) is 5.56 Å². The first-order valence-corrected chi connectivity index (χ1v) is 6.67. The summed E-state index contributed by atoms with van der Waals surface area (Å²) in [6, 6.07) is 3.94. The standard InChI is InChI=1S/C11H11ClO4S/c1-7-3-4-9(11(13)14)5-10(7)17(15,16)6-8(2)12/h3-5H,2,6H2,1H3,(H,13,14). The van der Waals surface area contributed by atoms with Crippen molar-refractivity contribution in [2.75, 3.05) is 5.75 Å². The number of carbonyl (C=O) groups is 1. The molecule has 0 radical (unpaired) electrons. The molecule has 92 valence electrons. The molecule has 0 aromatic heterocycles. The summed E-state index contributed by atoms with van der Waals surface area (Å²) < 4.78 is 23.8. The maximum atomic E-state index is 11.9. The summed E-state index contributed by atoms with van der Waals surface area (Å²) in [6.45, 7) is 4.92. The minimum atomic E-state index is -3.64. The lowest BCUT2D eigenvalue weighted by Crippen LogP contribution is -2.10. The van der Waals surface area contributed by atoms with Gasteiger partial charge in [0.1, 0.15) is 0 Å². The molecule has 17 heavy (non-hydrogen) atoms. The Labute approximate surface area is 104 Å². The zero-order chi connectivity index (χ0) is 13.2. The first-order valence-electron chi connectivity index (χ1n) is 4.64. The van der Waals surface area contributed by atoms with Gasteiger partial charge in [0.15, 0.2) is 9.84 Å². The van der Waals surface area contributed by atoms with Crippen molar-refractivity contribution in [3.63, 3.8) is 0 Å². The van der Waals surface area contributed by atoms with Crippen molar-refractivity contribution in [1.29, 1.82) is 0 Å². The second-order valence-corrected chi connectivity index (χ2v) is 6.05. The normalized spacial score (nSPS) is 11.2. The zero-order valence-corrected chi connectivity index (χ0v) is 10.7. The fourth-order valence-corrected chi connectivity index (χ4v) is 3.22. The number of carboxylic acids is 1. The molecule has 0 bridgehead atoms. The molecule has 0 saturated heterocycles. The van der Waals surface area contributed by atoms with Crippen molar-refractivity contribution in [2.24, 2.45) is 0 Å². The highest BCUT2D eigenvalue weighted by atomic mass is 35.5. The van der Waals surface area contributed by atoms with Gasteiger partial charge in [-0.25, -0.2) is 13.2 Å². The van der Waals surface area contributed by atoms with E-state index in [9.17, 15) is 13.2 Å². The van der Waals surface area contributed by atoms with Gasteiger partial charge in [0.25, 0.3) is 0 Å².